The Balaban J connectivity index is 1.48. The molecule has 0 atom stereocenters. The molecule has 1 aliphatic rings. The van der Waals surface area contributed by atoms with Crippen molar-refractivity contribution in [1.29, 1.82) is 0 Å². The van der Waals surface area contributed by atoms with Crippen molar-refractivity contribution >= 4 is 52.3 Å². The van der Waals surface area contributed by atoms with Crippen LogP contribution < -0.4 is 16.3 Å². The second kappa shape index (κ2) is 10.8. The summed E-state index contributed by atoms with van der Waals surface area (Å²) in [7, 11) is 0. The first-order valence-corrected chi connectivity index (χ1v) is 11.7. The number of hydrazone groups is 1. The predicted octanol–water partition coefficient (Wildman–Crippen LogP) is 4.35. The van der Waals surface area contributed by atoms with Crippen LogP contribution in [0.2, 0.25) is 10.0 Å². The molecule has 13 heteroatoms. The molecule has 3 N–H and O–H groups in total. The van der Waals surface area contributed by atoms with Crippen LogP contribution >= 0.6 is 23.2 Å². The summed E-state index contributed by atoms with van der Waals surface area (Å²) in [6, 6.07) is 9.60. The molecule has 0 radical (unpaired) electrons. The van der Waals surface area contributed by atoms with E-state index >= 15 is 0 Å². The SMILES string of the molecule is Cc1c(C(=O)NNC(=O)c2ccc(Cl)cc2Cl)oc2c1/C(=N/NC(=O)c1cccc([N+](=O)[O-])c1)CCC2. The van der Waals surface area contributed by atoms with E-state index in [1.54, 1.807) is 6.92 Å². The monoisotopic (exact) mass is 543 g/mol. The third-order valence-electron chi connectivity index (χ3n) is 5.61. The van der Waals surface area contributed by atoms with Gasteiger partial charge in [-0.15, -0.1) is 0 Å². The molecule has 3 amide bonds. The van der Waals surface area contributed by atoms with Crippen molar-refractivity contribution in [2.45, 2.75) is 26.2 Å². The molecule has 3 aromatic rings. The number of nitro groups is 1. The fourth-order valence-corrected chi connectivity index (χ4v) is 4.35. The first kappa shape index (κ1) is 25.9. The maximum absolute atomic E-state index is 12.8. The van der Waals surface area contributed by atoms with Gasteiger partial charge >= 0.3 is 5.91 Å². The van der Waals surface area contributed by atoms with Crippen LogP contribution in [-0.2, 0) is 6.42 Å². The van der Waals surface area contributed by atoms with Gasteiger partial charge in [0.25, 0.3) is 17.5 Å². The van der Waals surface area contributed by atoms with Crippen LogP contribution in [-0.4, -0.2) is 28.4 Å². The van der Waals surface area contributed by atoms with Gasteiger partial charge < -0.3 is 4.42 Å². The summed E-state index contributed by atoms with van der Waals surface area (Å²) < 4.78 is 5.76. The second-order valence-corrected chi connectivity index (χ2v) is 8.89. The van der Waals surface area contributed by atoms with Crippen molar-refractivity contribution in [3.63, 3.8) is 0 Å². The summed E-state index contributed by atoms with van der Waals surface area (Å²) in [6.07, 6.45) is 1.72. The van der Waals surface area contributed by atoms with Gasteiger partial charge in [0, 0.05) is 40.3 Å². The number of amides is 3. The van der Waals surface area contributed by atoms with Gasteiger partial charge in [0.1, 0.15) is 5.76 Å². The molecule has 0 bridgehead atoms. The topological polar surface area (TPSA) is 156 Å². The van der Waals surface area contributed by atoms with Gasteiger partial charge in [-0.25, -0.2) is 5.43 Å². The van der Waals surface area contributed by atoms with E-state index in [4.69, 9.17) is 27.6 Å². The Bertz CT molecular complexity index is 1470. The Morgan fingerprint density at radius 3 is 2.51 bits per heavy atom. The number of nitrogens with one attached hydrogen (secondary N) is 3. The van der Waals surface area contributed by atoms with Gasteiger partial charge in [-0.1, -0.05) is 29.3 Å². The molecule has 0 aliphatic heterocycles. The Morgan fingerprint density at radius 1 is 1.03 bits per heavy atom. The van der Waals surface area contributed by atoms with Gasteiger partial charge in [-0.3, -0.25) is 35.3 Å². The lowest BCUT2D eigenvalue weighted by molar-refractivity contribution is -0.384. The average Bonchev–Trinajstić information content (AvgIpc) is 3.22. The van der Waals surface area contributed by atoms with E-state index in [1.807, 2.05) is 0 Å². The normalized spacial score (nSPS) is 13.5. The van der Waals surface area contributed by atoms with E-state index in [9.17, 15) is 24.5 Å². The molecule has 1 aromatic heterocycles. The van der Waals surface area contributed by atoms with E-state index < -0.39 is 22.6 Å². The molecular weight excluding hydrogens is 525 g/mol. The minimum absolute atomic E-state index is 0.0212. The lowest BCUT2D eigenvalue weighted by atomic mass is 9.93. The fraction of sp³-hybridized carbons (Fsp3) is 0.167. The number of carbonyl (C=O) groups excluding carboxylic acids is 3. The van der Waals surface area contributed by atoms with Crippen molar-refractivity contribution in [1.82, 2.24) is 16.3 Å². The summed E-state index contributed by atoms with van der Waals surface area (Å²) in [4.78, 5) is 48.0. The van der Waals surface area contributed by atoms with E-state index in [-0.39, 0.29) is 27.6 Å². The van der Waals surface area contributed by atoms with Gasteiger partial charge in [-0.2, -0.15) is 5.10 Å². The van der Waals surface area contributed by atoms with Gasteiger partial charge in [0.2, 0.25) is 0 Å². The lowest BCUT2D eigenvalue weighted by Gasteiger charge is -2.13. The number of benzene rings is 2. The molecule has 0 spiro atoms. The third kappa shape index (κ3) is 5.63. The summed E-state index contributed by atoms with van der Waals surface area (Å²) in [5.74, 6) is -1.46. The van der Waals surface area contributed by atoms with Crippen LogP contribution in [0.25, 0.3) is 0 Å². The predicted molar refractivity (Wildman–Crippen MR) is 135 cm³/mol. The first-order chi connectivity index (χ1) is 17.7. The number of hydrogen-bond acceptors (Lipinski definition) is 7. The van der Waals surface area contributed by atoms with Crippen molar-refractivity contribution in [3.05, 3.63) is 96.4 Å². The number of hydrogen-bond donors (Lipinski definition) is 3. The summed E-state index contributed by atoms with van der Waals surface area (Å²) in [5.41, 5.74) is 8.55. The number of fused-ring (bicyclic) bond motifs is 1. The summed E-state index contributed by atoms with van der Waals surface area (Å²) in [6.45, 7) is 1.67. The van der Waals surface area contributed by atoms with Crippen LogP contribution in [0.1, 0.15) is 61.0 Å². The minimum atomic E-state index is -0.690. The molecule has 4 rings (SSSR count). The highest BCUT2D eigenvalue weighted by atomic mass is 35.5. The van der Waals surface area contributed by atoms with Crippen molar-refractivity contribution in [2.75, 3.05) is 0 Å². The Morgan fingerprint density at radius 2 is 1.78 bits per heavy atom. The Labute approximate surface area is 219 Å². The van der Waals surface area contributed by atoms with Crippen molar-refractivity contribution in [2.24, 2.45) is 5.10 Å². The highest BCUT2D eigenvalue weighted by molar-refractivity contribution is 6.36. The van der Waals surface area contributed by atoms with Crippen molar-refractivity contribution < 1.29 is 23.7 Å². The number of furan rings is 1. The number of rotatable bonds is 5. The molecule has 37 heavy (non-hydrogen) atoms. The largest absolute Gasteiger partial charge is 0.455 e. The lowest BCUT2D eigenvalue weighted by Crippen LogP contribution is -2.41. The smallest absolute Gasteiger partial charge is 0.305 e. The zero-order valence-electron chi connectivity index (χ0n) is 19.3. The van der Waals surface area contributed by atoms with E-state index in [1.165, 1.54) is 36.4 Å². The van der Waals surface area contributed by atoms with E-state index in [0.717, 1.165) is 6.07 Å². The molecule has 0 fully saturated rings. The fourth-order valence-electron chi connectivity index (χ4n) is 3.85. The first-order valence-electron chi connectivity index (χ1n) is 11.0. The summed E-state index contributed by atoms with van der Waals surface area (Å²) in [5, 5.41) is 15.6. The Hall–Kier alpha value is -4.22. The molecule has 0 saturated carbocycles. The summed E-state index contributed by atoms with van der Waals surface area (Å²) >= 11 is 11.9. The molecule has 1 aliphatic carbocycles. The molecule has 11 nitrogen and oxygen atoms in total. The molecule has 2 aromatic carbocycles. The zero-order valence-corrected chi connectivity index (χ0v) is 20.8. The highest BCUT2D eigenvalue weighted by Crippen LogP contribution is 2.30. The maximum Gasteiger partial charge on any atom is 0.305 e. The molecule has 0 saturated heterocycles. The number of nitrogens with zero attached hydrogens (tertiary/aromatic N) is 2. The maximum atomic E-state index is 12.8. The van der Waals surface area contributed by atoms with E-state index in [0.29, 0.717) is 46.9 Å². The molecule has 190 valence electrons. The molecule has 1 heterocycles. The molecule has 0 unspecified atom stereocenters. The zero-order chi connectivity index (χ0) is 26.7. The number of aryl methyl sites for hydroxylation is 1. The number of non-ortho nitro benzene ring substituents is 1. The quantitative estimate of drug-likeness (QED) is 0.320. The minimum Gasteiger partial charge on any atom is -0.455 e. The highest BCUT2D eigenvalue weighted by Gasteiger charge is 2.28. The van der Waals surface area contributed by atoms with Crippen LogP contribution in [0.15, 0.2) is 52.0 Å². The van der Waals surface area contributed by atoms with Crippen LogP contribution in [0, 0.1) is 17.0 Å². The average molecular weight is 544 g/mol. The van der Waals surface area contributed by atoms with Crippen LogP contribution in [0.5, 0.6) is 0 Å². The van der Waals surface area contributed by atoms with Gasteiger partial charge in [-0.05, 0) is 44.0 Å². The van der Waals surface area contributed by atoms with Crippen molar-refractivity contribution in [3.8, 4) is 0 Å². The number of nitro benzene ring substituents is 1. The third-order valence-corrected chi connectivity index (χ3v) is 6.16. The second-order valence-electron chi connectivity index (χ2n) is 8.05. The number of carbonyl (C=O) groups is 3. The molecular formula is C24H19Cl2N5O6. The van der Waals surface area contributed by atoms with Crippen LogP contribution in [0.3, 0.4) is 0 Å². The van der Waals surface area contributed by atoms with Gasteiger partial charge in [0.05, 0.1) is 21.2 Å². The van der Waals surface area contributed by atoms with E-state index in [2.05, 4.69) is 21.4 Å². The Kier molecular flexibility index (Phi) is 7.55. The number of hydrazine groups is 1. The standard InChI is InChI=1S/C24H19Cl2N5O6/c1-12-20-18(27-28-22(32)13-4-2-5-15(10-13)31(35)36)6-3-7-19(20)37-21(12)24(34)30-29-23(33)16-9-8-14(25)11-17(16)26/h2,4-5,8-11H,3,6-7H2,1H3,(H,28,32)(H,29,33)(H,30,34)/b27-18+. The number of halogens is 2. The van der Waals surface area contributed by atoms with Crippen LogP contribution in [0.4, 0.5) is 5.69 Å². The van der Waals surface area contributed by atoms with Gasteiger partial charge in [0.15, 0.2) is 5.76 Å².